The lowest BCUT2D eigenvalue weighted by Crippen LogP contribution is -2.08. The van der Waals surface area contributed by atoms with Gasteiger partial charge in [-0.2, -0.15) is 0 Å². The van der Waals surface area contributed by atoms with E-state index in [0.717, 1.165) is 25.7 Å². The first kappa shape index (κ1) is 16.2. The van der Waals surface area contributed by atoms with Crippen molar-refractivity contribution in [3.8, 4) is 0 Å². The Morgan fingerprint density at radius 3 is 2.12 bits per heavy atom. The van der Waals surface area contributed by atoms with Gasteiger partial charge in [0.05, 0.1) is 6.61 Å². The van der Waals surface area contributed by atoms with Crippen molar-refractivity contribution in [2.75, 3.05) is 6.61 Å². The Labute approximate surface area is 106 Å². The second-order valence-electron chi connectivity index (χ2n) is 4.61. The highest BCUT2D eigenvalue weighted by atomic mass is 16.5. The molecule has 0 heterocycles. The van der Waals surface area contributed by atoms with Crippen LogP contribution in [0.25, 0.3) is 0 Å². The Morgan fingerprint density at radius 1 is 0.941 bits per heavy atom. The van der Waals surface area contributed by atoms with Gasteiger partial charge in [0.15, 0.2) is 0 Å². The molecule has 0 unspecified atom stereocenters. The van der Waals surface area contributed by atoms with Crippen LogP contribution >= 0.6 is 0 Å². The number of rotatable bonds is 11. The third-order valence-corrected chi connectivity index (χ3v) is 2.82. The molecule has 0 aliphatic heterocycles. The summed E-state index contributed by atoms with van der Waals surface area (Å²) in [6.45, 7) is 8.53. The highest BCUT2D eigenvalue weighted by molar-refractivity contribution is 5.87. The van der Waals surface area contributed by atoms with Gasteiger partial charge in [0.25, 0.3) is 0 Å². The zero-order valence-corrected chi connectivity index (χ0v) is 11.6. The molecule has 0 aliphatic rings. The molecule has 0 radical (unpaired) electrons. The van der Waals surface area contributed by atoms with Crippen LogP contribution < -0.4 is 0 Å². The molecule has 2 nitrogen and oxygen atoms in total. The summed E-state index contributed by atoms with van der Waals surface area (Å²) >= 11 is 0. The number of hydrogen-bond acceptors (Lipinski definition) is 2. The van der Waals surface area contributed by atoms with Crippen molar-refractivity contribution >= 4 is 5.97 Å². The maximum absolute atomic E-state index is 11.4. The number of carbonyl (C=O) groups excluding carboxylic acids is 1. The third kappa shape index (κ3) is 10.1. The lowest BCUT2D eigenvalue weighted by atomic mass is 10.1. The van der Waals surface area contributed by atoms with Gasteiger partial charge >= 0.3 is 5.97 Å². The molecule has 17 heavy (non-hydrogen) atoms. The minimum atomic E-state index is -0.210. The molecule has 0 aromatic carbocycles. The van der Waals surface area contributed by atoms with E-state index < -0.39 is 0 Å². The summed E-state index contributed by atoms with van der Waals surface area (Å²) in [6, 6.07) is 0. The van der Waals surface area contributed by atoms with Crippen LogP contribution in [0.2, 0.25) is 0 Å². The van der Waals surface area contributed by atoms with Crippen molar-refractivity contribution in [2.45, 2.75) is 71.6 Å². The van der Waals surface area contributed by atoms with Crippen LogP contribution in [0.1, 0.15) is 71.6 Å². The third-order valence-electron chi connectivity index (χ3n) is 2.82. The molecule has 0 aliphatic carbocycles. The van der Waals surface area contributed by atoms with E-state index in [0.29, 0.717) is 12.2 Å². The maximum atomic E-state index is 11.4. The number of ether oxygens (including phenoxy) is 1. The summed E-state index contributed by atoms with van der Waals surface area (Å²) in [5.41, 5.74) is 0.607. The number of hydrogen-bond donors (Lipinski definition) is 0. The SMILES string of the molecule is C=C(CCC)C(=O)OCCCCCCCCC. The molecular weight excluding hydrogens is 212 g/mol. The molecular formula is C15H28O2. The number of unbranched alkanes of at least 4 members (excludes halogenated alkanes) is 6. The fourth-order valence-electron chi connectivity index (χ4n) is 1.73. The van der Waals surface area contributed by atoms with E-state index in [1.807, 2.05) is 6.92 Å². The van der Waals surface area contributed by atoms with E-state index >= 15 is 0 Å². The Hall–Kier alpha value is -0.790. The lowest BCUT2D eigenvalue weighted by molar-refractivity contribution is -0.139. The van der Waals surface area contributed by atoms with Crippen LogP contribution in [-0.2, 0) is 9.53 Å². The summed E-state index contributed by atoms with van der Waals surface area (Å²) in [6.07, 6.45) is 10.4. The van der Waals surface area contributed by atoms with Crippen LogP contribution in [0.4, 0.5) is 0 Å². The first-order valence-corrected chi connectivity index (χ1v) is 7.07. The van der Waals surface area contributed by atoms with Gasteiger partial charge < -0.3 is 4.74 Å². The van der Waals surface area contributed by atoms with Crippen molar-refractivity contribution < 1.29 is 9.53 Å². The Kier molecular flexibility index (Phi) is 11.1. The molecule has 0 bridgehead atoms. The van der Waals surface area contributed by atoms with Crippen LogP contribution in [-0.4, -0.2) is 12.6 Å². The molecule has 0 rings (SSSR count). The van der Waals surface area contributed by atoms with Gasteiger partial charge in [-0.1, -0.05) is 65.4 Å². The molecule has 0 fully saturated rings. The Balaban J connectivity index is 3.27. The van der Waals surface area contributed by atoms with Crippen molar-refractivity contribution in [1.29, 1.82) is 0 Å². The summed E-state index contributed by atoms with van der Waals surface area (Å²) in [5, 5.41) is 0. The largest absolute Gasteiger partial charge is 0.462 e. The van der Waals surface area contributed by atoms with Crippen LogP contribution in [0, 0.1) is 0 Å². The number of carbonyl (C=O) groups is 1. The molecule has 0 spiro atoms. The average Bonchev–Trinajstić information content (AvgIpc) is 2.32. The molecule has 0 N–H and O–H groups in total. The van der Waals surface area contributed by atoms with Crippen molar-refractivity contribution in [2.24, 2.45) is 0 Å². The summed E-state index contributed by atoms with van der Waals surface area (Å²) in [5.74, 6) is -0.210. The minimum Gasteiger partial charge on any atom is -0.462 e. The smallest absolute Gasteiger partial charge is 0.333 e. The molecule has 0 saturated heterocycles. The van der Waals surface area contributed by atoms with Gasteiger partial charge in [-0.05, 0) is 12.8 Å². The standard InChI is InChI=1S/C15H28O2/c1-4-6-7-8-9-10-11-13-17-15(16)14(3)12-5-2/h3-13H2,1-2H3. The highest BCUT2D eigenvalue weighted by Gasteiger charge is 2.06. The average molecular weight is 240 g/mol. The van der Waals surface area contributed by atoms with Gasteiger partial charge in [0, 0.05) is 5.57 Å². The van der Waals surface area contributed by atoms with Crippen LogP contribution in [0.15, 0.2) is 12.2 Å². The van der Waals surface area contributed by atoms with Gasteiger partial charge in [-0.25, -0.2) is 4.79 Å². The van der Waals surface area contributed by atoms with Gasteiger partial charge in [-0.15, -0.1) is 0 Å². The lowest BCUT2D eigenvalue weighted by Gasteiger charge is -2.06. The zero-order valence-electron chi connectivity index (χ0n) is 11.6. The predicted octanol–water partition coefficient (Wildman–Crippen LogP) is 4.64. The zero-order chi connectivity index (χ0) is 12.9. The van der Waals surface area contributed by atoms with E-state index in [1.165, 1.54) is 32.1 Å². The molecule has 2 heteroatoms. The van der Waals surface area contributed by atoms with E-state index in [-0.39, 0.29) is 5.97 Å². The van der Waals surface area contributed by atoms with Crippen LogP contribution in [0.3, 0.4) is 0 Å². The molecule has 0 atom stereocenters. The summed E-state index contributed by atoms with van der Waals surface area (Å²) in [4.78, 5) is 11.4. The molecule has 0 aromatic rings. The quantitative estimate of drug-likeness (QED) is 0.299. The summed E-state index contributed by atoms with van der Waals surface area (Å²) in [7, 11) is 0. The first-order valence-electron chi connectivity index (χ1n) is 7.07. The van der Waals surface area contributed by atoms with Gasteiger partial charge in [0.2, 0.25) is 0 Å². The van der Waals surface area contributed by atoms with Gasteiger partial charge in [0.1, 0.15) is 0 Å². The molecule has 100 valence electrons. The number of esters is 1. The fourth-order valence-corrected chi connectivity index (χ4v) is 1.73. The van der Waals surface area contributed by atoms with E-state index in [4.69, 9.17) is 4.74 Å². The Morgan fingerprint density at radius 2 is 1.53 bits per heavy atom. The van der Waals surface area contributed by atoms with Gasteiger partial charge in [-0.3, -0.25) is 0 Å². The molecule has 0 amide bonds. The van der Waals surface area contributed by atoms with Crippen molar-refractivity contribution in [3.63, 3.8) is 0 Å². The van der Waals surface area contributed by atoms with E-state index in [9.17, 15) is 4.79 Å². The maximum Gasteiger partial charge on any atom is 0.333 e. The van der Waals surface area contributed by atoms with Crippen LogP contribution in [0.5, 0.6) is 0 Å². The van der Waals surface area contributed by atoms with E-state index in [1.54, 1.807) is 0 Å². The van der Waals surface area contributed by atoms with E-state index in [2.05, 4.69) is 13.5 Å². The second-order valence-corrected chi connectivity index (χ2v) is 4.61. The highest BCUT2D eigenvalue weighted by Crippen LogP contribution is 2.08. The fraction of sp³-hybridized carbons (Fsp3) is 0.800. The first-order chi connectivity index (χ1) is 8.22. The molecule has 0 aromatic heterocycles. The molecule has 0 saturated carbocycles. The van der Waals surface area contributed by atoms with Crippen molar-refractivity contribution in [3.05, 3.63) is 12.2 Å². The normalized spacial score (nSPS) is 10.2. The second kappa shape index (κ2) is 11.7. The van der Waals surface area contributed by atoms with Crippen molar-refractivity contribution in [1.82, 2.24) is 0 Å². The minimum absolute atomic E-state index is 0.210. The monoisotopic (exact) mass is 240 g/mol. The Bertz CT molecular complexity index is 209. The summed E-state index contributed by atoms with van der Waals surface area (Å²) < 4.78 is 5.15. The predicted molar refractivity (Wildman–Crippen MR) is 73.0 cm³/mol. The topological polar surface area (TPSA) is 26.3 Å².